The number of nitrogens with zero attached hydrogens (tertiary/aromatic N) is 1. The highest BCUT2D eigenvalue weighted by atomic mass is 16.1. The molecule has 1 aliphatic carbocycles. The lowest BCUT2D eigenvalue weighted by molar-refractivity contribution is -0.109. The Morgan fingerprint density at radius 1 is 1.47 bits per heavy atom. The van der Waals surface area contributed by atoms with E-state index >= 15 is 0 Å². The number of aromatic amines is 1. The van der Waals surface area contributed by atoms with Gasteiger partial charge in [-0.15, -0.1) is 0 Å². The van der Waals surface area contributed by atoms with Crippen molar-refractivity contribution < 1.29 is 4.79 Å². The molecule has 0 amide bonds. The highest BCUT2D eigenvalue weighted by Crippen LogP contribution is 2.47. The topological polar surface area (TPSA) is 37.8 Å². The van der Waals surface area contributed by atoms with Crippen LogP contribution in [0.5, 0.6) is 0 Å². The Hall–Kier alpha value is -1.51. The van der Waals surface area contributed by atoms with Crippen LogP contribution in [-0.4, -0.2) is 16.1 Å². The zero-order chi connectivity index (χ0) is 10.6. The molecule has 3 rings (SSSR count). The third-order valence-corrected chi connectivity index (χ3v) is 3.51. The lowest BCUT2D eigenvalue weighted by atomic mass is 9.95. The molecule has 3 heteroatoms. The quantitative estimate of drug-likeness (QED) is 0.743. The van der Waals surface area contributed by atoms with Gasteiger partial charge in [-0.25, -0.2) is 0 Å². The molecule has 1 aromatic heterocycles. The number of nitrogens with one attached hydrogen (secondary N) is 1. The van der Waals surface area contributed by atoms with Crippen LogP contribution in [0.25, 0.3) is 11.0 Å². The van der Waals surface area contributed by atoms with Crippen LogP contribution in [0.1, 0.15) is 24.0 Å². The van der Waals surface area contributed by atoms with Crippen LogP contribution >= 0.6 is 0 Å². The molecule has 78 valence electrons. The number of fused-ring (bicyclic) bond motifs is 1. The zero-order valence-electron chi connectivity index (χ0n) is 9.00. The van der Waals surface area contributed by atoms with Gasteiger partial charge in [-0.1, -0.05) is 6.07 Å². The summed E-state index contributed by atoms with van der Waals surface area (Å²) in [6, 6.07) is 4.27. The molecule has 0 bridgehead atoms. The van der Waals surface area contributed by atoms with E-state index in [1.165, 1.54) is 16.6 Å². The van der Waals surface area contributed by atoms with Gasteiger partial charge in [-0.2, -0.15) is 0 Å². The largest absolute Gasteiger partial charge is 0.302 e. The SMILES string of the molecule is Cc1cc(C2(C=O)CC2)cc2[nH]n(C)c12. The van der Waals surface area contributed by atoms with Crippen molar-refractivity contribution in [1.82, 2.24) is 9.78 Å². The van der Waals surface area contributed by atoms with Crippen molar-refractivity contribution in [2.45, 2.75) is 25.2 Å². The molecular formula is C12H14N2O. The summed E-state index contributed by atoms with van der Waals surface area (Å²) in [6.07, 6.45) is 3.12. The molecule has 0 radical (unpaired) electrons. The first-order chi connectivity index (χ1) is 7.16. The smallest absolute Gasteiger partial charge is 0.130 e. The maximum Gasteiger partial charge on any atom is 0.130 e. The Morgan fingerprint density at radius 3 is 2.67 bits per heavy atom. The summed E-state index contributed by atoms with van der Waals surface area (Å²) in [4.78, 5) is 11.0. The van der Waals surface area contributed by atoms with E-state index in [0.717, 1.165) is 24.6 Å². The Labute approximate surface area is 88.1 Å². The number of H-pyrrole nitrogens is 1. The molecule has 2 aromatic rings. The summed E-state index contributed by atoms with van der Waals surface area (Å²) in [5.41, 5.74) is 4.67. The number of aryl methyl sites for hydroxylation is 2. The Morgan fingerprint density at radius 2 is 2.20 bits per heavy atom. The number of carbonyl (C=O) groups excluding carboxylic acids is 1. The molecule has 1 fully saturated rings. The first-order valence-electron chi connectivity index (χ1n) is 5.28. The van der Waals surface area contributed by atoms with E-state index in [9.17, 15) is 4.79 Å². The standard InChI is InChI=1S/C12H14N2O/c1-8-5-9(12(7-15)3-4-12)6-10-11(8)14(2)13-10/h5-7,13H,3-4H2,1-2H3. The predicted molar refractivity (Wildman–Crippen MR) is 59.0 cm³/mol. The van der Waals surface area contributed by atoms with E-state index in [1.54, 1.807) is 0 Å². The molecule has 0 aliphatic heterocycles. The fraction of sp³-hybridized carbons (Fsp3) is 0.417. The number of hydrogen-bond acceptors (Lipinski definition) is 1. The third-order valence-electron chi connectivity index (χ3n) is 3.51. The summed E-state index contributed by atoms with van der Waals surface area (Å²) < 4.78 is 2.01. The van der Waals surface area contributed by atoms with Gasteiger partial charge < -0.3 is 4.79 Å². The predicted octanol–water partition coefficient (Wildman–Crippen LogP) is 2.05. The Bertz CT molecular complexity index is 543. The number of rotatable bonds is 2. The van der Waals surface area contributed by atoms with Crippen molar-refractivity contribution >= 4 is 17.3 Å². The molecule has 0 unspecified atom stereocenters. The highest BCUT2D eigenvalue weighted by molar-refractivity contribution is 5.84. The van der Waals surface area contributed by atoms with Crippen molar-refractivity contribution in [3.8, 4) is 0 Å². The fourth-order valence-corrected chi connectivity index (χ4v) is 2.39. The van der Waals surface area contributed by atoms with Gasteiger partial charge in [0, 0.05) is 7.05 Å². The number of aldehydes is 1. The number of hydrogen-bond donors (Lipinski definition) is 1. The van der Waals surface area contributed by atoms with E-state index in [-0.39, 0.29) is 5.41 Å². The van der Waals surface area contributed by atoms with E-state index in [4.69, 9.17) is 0 Å². The molecule has 1 saturated carbocycles. The molecule has 15 heavy (non-hydrogen) atoms. The van der Waals surface area contributed by atoms with Gasteiger partial charge in [0.1, 0.15) is 6.29 Å². The molecule has 0 saturated heterocycles. The second-order valence-corrected chi connectivity index (χ2v) is 4.63. The summed E-state index contributed by atoms with van der Waals surface area (Å²) in [7, 11) is 2.00. The molecule has 1 N–H and O–H groups in total. The second kappa shape index (κ2) is 2.54. The van der Waals surface area contributed by atoms with Crippen LogP contribution in [0.15, 0.2) is 12.1 Å². The van der Waals surface area contributed by atoms with E-state index in [2.05, 4.69) is 24.2 Å². The van der Waals surface area contributed by atoms with Gasteiger partial charge in [0.05, 0.1) is 16.4 Å². The Kier molecular flexibility index (Phi) is 1.48. The van der Waals surface area contributed by atoms with Crippen molar-refractivity contribution in [1.29, 1.82) is 0 Å². The normalized spacial score (nSPS) is 18.3. The highest BCUT2D eigenvalue weighted by Gasteiger charge is 2.44. The van der Waals surface area contributed by atoms with Gasteiger partial charge >= 0.3 is 0 Å². The van der Waals surface area contributed by atoms with Gasteiger partial charge in [0.15, 0.2) is 0 Å². The first kappa shape index (κ1) is 8.77. The van der Waals surface area contributed by atoms with Crippen LogP contribution in [-0.2, 0) is 17.3 Å². The van der Waals surface area contributed by atoms with Crippen molar-refractivity contribution in [3.63, 3.8) is 0 Å². The molecule has 1 aromatic carbocycles. The van der Waals surface area contributed by atoms with Crippen LogP contribution in [0.4, 0.5) is 0 Å². The lowest BCUT2D eigenvalue weighted by Crippen LogP contribution is -2.12. The number of benzene rings is 1. The second-order valence-electron chi connectivity index (χ2n) is 4.63. The molecular weight excluding hydrogens is 188 g/mol. The fourth-order valence-electron chi connectivity index (χ4n) is 2.39. The average molecular weight is 202 g/mol. The average Bonchev–Trinajstić information content (AvgIpc) is 2.95. The minimum Gasteiger partial charge on any atom is -0.302 e. The van der Waals surface area contributed by atoms with Gasteiger partial charge in [0.2, 0.25) is 0 Å². The summed E-state index contributed by atoms with van der Waals surface area (Å²) >= 11 is 0. The van der Waals surface area contributed by atoms with Crippen LogP contribution < -0.4 is 0 Å². The number of carbonyl (C=O) groups is 1. The molecule has 1 aliphatic rings. The minimum absolute atomic E-state index is 0.157. The van der Waals surface area contributed by atoms with Gasteiger partial charge in [-0.3, -0.25) is 9.78 Å². The maximum absolute atomic E-state index is 11.0. The van der Waals surface area contributed by atoms with Crippen LogP contribution in [0, 0.1) is 6.92 Å². The summed E-state index contributed by atoms with van der Waals surface area (Å²) in [6.45, 7) is 2.10. The summed E-state index contributed by atoms with van der Waals surface area (Å²) in [5.74, 6) is 0. The van der Waals surface area contributed by atoms with Crippen molar-refractivity contribution in [2.75, 3.05) is 0 Å². The van der Waals surface area contributed by atoms with E-state index in [0.29, 0.717) is 0 Å². The molecule has 0 atom stereocenters. The summed E-state index contributed by atoms with van der Waals surface area (Å²) in [5, 5.41) is 3.21. The lowest BCUT2D eigenvalue weighted by Gasteiger charge is -2.18. The number of aromatic nitrogens is 2. The van der Waals surface area contributed by atoms with Crippen LogP contribution in [0.3, 0.4) is 0 Å². The van der Waals surface area contributed by atoms with Crippen molar-refractivity contribution in [3.05, 3.63) is 23.3 Å². The van der Waals surface area contributed by atoms with Crippen molar-refractivity contribution in [2.24, 2.45) is 7.05 Å². The molecule has 0 spiro atoms. The Balaban J connectivity index is 2.19. The first-order valence-corrected chi connectivity index (χ1v) is 5.28. The van der Waals surface area contributed by atoms with Gasteiger partial charge in [0.25, 0.3) is 0 Å². The van der Waals surface area contributed by atoms with Gasteiger partial charge in [-0.05, 0) is 37.0 Å². The molecule has 1 heterocycles. The molecule has 3 nitrogen and oxygen atoms in total. The monoisotopic (exact) mass is 202 g/mol. The minimum atomic E-state index is -0.157. The maximum atomic E-state index is 11.0. The zero-order valence-corrected chi connectivity index (χ0v) is 9.00. The van der Waals surface area contributed by atoms with Crippen LogP contribution in [0.2, 0.25) is 0 Å². The van der Waals surface area contributed by atoms with E-state index < -0.39 is 0 Å². The van der Waals surface area contributed by atoms with E-state index in [1.807, 2.05) is 11.7 Å². The third kappa shape index (κ3) is 1.03.